The number of unbranched alkanes of at least 4 members (excludes halogenated alkanes) is 4. The topological polar surface area (TPSA) is 0 Å². The van der Waals surface area contributed by atoms with Crippen LogP contribution in [0, 0.1) is 18.6 Å². The van der Waals surface area contributed by atoms with Gasteiger partial charge in [-0.25, -0.2) is 8.78 Å². The summed E-state index contributed by atoms with van der Waals surface area (Å²) in [5, 5.41) is 0. The van der Waals surface area contributed by atoms with Crippen molar-refractivity contribution in [3.63, 3.8) is 0 Å². The molecule has 0 spiro atoms. The molecule has 0 saturated heterocycles. The van der Waals surface area contributed by atoms with Gasteiger partial charge in [0.15, 0.2) is 0 Å². The van der Waals surface area contributed by atoms with E-state index in [0.29, 0.717) is 11.1 Å². The highest BCUT2D eigenvalue weighted by Gasteiger charge is 2.14. The van der Waals surface area contributed by atoms with Crippen LogP contribution in [-0.4, -0.2) is 0 Å². The number of aryl methyl sites for hydroxylation is 1. The maximum Gasteiger partial charge on any atom is 0.130 e. The van der Waals surface area contributed by atoms with Crippen molar-refractivity contribution in [1.82, 2.24) is 0 Å². The van der Waals surface area contributed by atoms with Crippen molar-refractivity contribution in [2.75, 3.05) is 0 Å². The second-order valence-electron chi connectivity index (χ2n) is 4.79. The third kappa shape index (κ3) is 4.68. The Kier molecular flexibility index (Phi) is 6.83. The zero-order valence-corrected chi connectivity index (χ0v) is 12.7. The fraction of sp³-hybridized carbons (Fsp3) is 0.600. The van der Waals surface area contributed by atoms with Crippen molar-refractivity contribution in [1.29, 1.82) is 0 Å². The first-order chi connectivity index (χ1) is 8.56. The molecule has 0 aliphatic rings. The second-order valence-corrected chi connectivity index (χ2v) is 5.90. The highest BCUT2D eigenvalue weighted by Crippen LogP contribution is 2.32. The van der Waals surface area contributed by atoms with Crippen molar-refractivity contribution in [2.24, 2.45) is 0 Å². The lowest BCUT2D eigenvalue weighted by molar-refractivity contribution is 0.555. The smallest absolute Gasteiger partial charge is 0.130 e. The molecular weight excluding hydrogens is 298 g/mol. The van der Waals surface area contributed by atoms with Gasteiger partial charge in [-0.15, -0.1) is 0 Å². The van der Waals surface area contributed by atoms with Gasteiger partial charge in [0.1, 0.15) is 11.6 Å². The Morgan fingerprint density at radius 3 is 2.39 bits per heavy atom. The van der Waals surface area contributed by atoms with E-state index in [1.807, 2.05) is 0 Å². The van der Waals surface area contributed by atoms with Gasteiger partial charge in [0.25, 0.3) is 0 Å². The third-order valence-corrected chi connectivity index (χ3v) is 4.13. The molecule has 0 N–H and O–H groups in total. The molecule has 0 aliphatic heterocycles. The van der Waals surface area contributed by atoms with Gasteiger partial charge < -0.3 is 0 Å². The predicted molar refractivity (Wildman–Crippen MR) is 76.1 cm³/mol. The van der Waals surface area contributed by atoms with Crippen LogP contribution in [0.25, 0.3) is 0 Å². The summed E-state index contributed by atoms with van der Waals surface area (Å²) >= 11 is 3.50. The third-order valence-electron chi connectivity index (χ3n) is 3.18. The summed E-state index contributed by atoms with van der Waals surface area (Å²) in [5.74, 6) is -0.924. The maximum absolute atomic E-state index is 13.6. The lowest BCUT2D eigenvalue weighted by Crippen LogP contribution is -1.98. The van der Waals surface area contributed by atoms with Crippen LogP contribution in [0.3, 0.4) is 0 Å². The molecule has 0 fully saturated rings. The Bertz CT molecular complexity index is 377. The molecule has 18 heavy (non-hydrogen) atoms. The number of rotatable bonds is 7. The quantitative estimate of drug-likeness (QED) is 0.423. The molecule has 0 aromatic heterocycles. The molecule has 1 atom stereocenters. The van der Waals surface area contributed by atoms with Gasteiger partial charge in [-0.1, -0.05) is 55.0 Å². The fourth-order valence-corrected chi connectivity index (χ4v) is 2.68. The molecule has 1 aromatic carbocycles. The summed E-state index contributed by atoms with van der Waals surface area (Å²) in [6.07, 6.45) is 6.87. The minimum atomic E-state index is -0.473. The monoisotopic (exact) mass is 318 g/mol. The molecule has 0 nitrogen and oxygen atoms in total. The summed E-state index contributed by atoms with van der Waals surface area (Å²) in [7, 11) is 0. The van der Waals surface area contributed by atoms with Crippen molar-refractivity contribution in [3.05, 3.63) is 34.9 Å². The summed E-state index contributed by atoms with van der Waals surface area (Å²) < 4.78 is 26.8. The average Bonchev–Trinajstić information content (AvgIpc) is 2.33. The number of hydrogen-bond donors (Lipinski definition) is 0. The van der Waals surface area contributed by atoms with Crippen LogP contribution in [-0.2, 0) is 0 Å². The number of halogens is 3. The van der Waals surface area contributed by atoms with E-state index in [9.17, 15) is 8.78 Å². The van der Waals surface area contributed by atoms with Gasteiger partial charge in [-0.3, -0.25) is 0 Å². The minimum absolute atomic E-state index is 0.0153. The van der Waals surface area contributed by atoms with E-state index in [0.717, 1.165) is 18.9 Å². The highest BCUT2D eigenvalue weighted by atomic mass is 79.9. The first-order valence-corrected chi connectivity index (χ1v) is 7.57. The van der Waals surface area contributed by atoms with E-state index in [1.165, 1.54) is 25.7 Å². The Morgan fingerprint density at radius 2 is 1.72 bits per heavy atom. The summed E-state index contributed by atoms with van der Waals surface area (Å²) in [6, 6.07) is 2.59. The summed E-state index contributed by atoms with van der Waals surface area (Å²) in [5.41, 5.74) is 1.08. The molecule has 1 unspecified atom stereocenters. The van der Waals surface area contributed by atoms with E-state index in [4.69, 9.17) is 0 Å². The highest BCUT2D eigenvalue weighted by molar-refractivity contribution is 9.09. The standard InChI is InChI=1S/C15H21BrF2/c1-3-4-5-6-7-8-13(16)12-9-11(2)14(17)10-15(12)18/h9-10,13H,3-8H2,1-2H3. The van der Waals surface area contributed by atoms with E-state index < -0.39 is 11.6 Å². The van der Waals surface area contributed by atoms with Gasteiger partial charge in [-0.2, -0.15) is 0 Å². The van der Waals surface area contributed by atoms with Crippen LogP contribution < -0.4 is 0 Å². The summed E-state index contributed by atoms with van der Waals surface area (Å²) in [6.45, 7) is 3.85. The average molecular weight is 319 g/mol. The van der Waals surface area contributed by atoms with E-state index >= 15 is 0 Å². The number of alkyl halides is 1. The summed E-state index contributed by atoms with van der Waals surface area (Å²) in [4.78, 5) is -0.0153. The van der Waals surface area contributed by atoms with Crippen LogP contribution >= 0.6 is 15.9 Å². The van der Waals surface area contributed by atoms with E-state index in [2.05, 4.69) is 22.9 Å². The number of benzene rings is 1. The van der Waals surface area contributed by atoms with Crippen LogP contribution in [0.4, 0.5) is 8.78 Å². The maximum atomic E-state index is 13.6. The molecule has 0 heterocycles. The van der Waals surface area contributed by atoms with Crippen molar-refractivity contribution in [3.8, 4) is 0 Å². The Labute approximate surface area is 117 Å². The first-order valence-electron chi connectivity index (χ1n) is 6.65. The van der Waals surface area contributed by atoms with E-state index in [1.54, 1.807) is 13.0 Å². The normalized spacial score (nSPS) is 12.7. The number of hydrogen-bond acceptors (Lipinski definition) is 0. The van der Waals surface area contributed by atoms with Gasteiger partial charge in [0.2, 0.25) is 0 Å². The molecule has 0 bridgehead atoms. The zero-order chi connectivity index (χ0) is 13.5. The van der Waals surface area contributed by atoms with Gasteiger partial charge >= 0.3 is 0 Å². The Balaban J connectivity index is 2.51. The fourth-order valence-electron chi connectivity index (χ4n) is 2.00. The molecule has 0 aliphatic carbocycles. The minimum Gasteiger partial charge on any atom is -0.207 e. The molecular formula is C15H21BrF2. The van der Waals surface area contributed by atoms with Gasteiger partial charge in [0, 0.05) is 16.5 Å². The zero-order valence-electron chi connectivity index (χ0n) is 11.1. The lowest BCUT2D eigenvalue weighted by atomic mass is 10.0. The largest absolute Gasteiger partial charge is 0.207 e. The van der Waals surface area contributed by atoms with Crippen LogP contribution in [0.15, 0.2) is 12.1 Å². The molecule has 3 heteroatoms. The SMILES string of the molecule is CCCCCCCC(Br)c1cc(C)c(F)cc1F. The van der Waals surface area contributed by atoms with E-state index in [-0.39, 0.29) is 4.83 Å². The molecule has 102 valence electrons. The molecule has 0 amide bonds. The Morgan fingerprint density at radius 1 is 1.06 bits per heavy atom. The van der Waals surface area contributed by atoms with Crippen LogP contribution in [0.5, 0.6) is 0 Å². The lowest BCUT2D eigenvalue weighted by Gasteiger charge is -2.12. The molecule has 0 radical (unpaired) electrons. The van der Waals surface area contributed by atoms with Gasteiger partial charge in [0.05, 0.1) is 0 Å². The van der Waals surface area contributed by atoms with Crippen LogP contribution in [0.2, 0.25) is 0 Å². The first kappa shape index (κ1) is 15.6. The molecule has 1 aromatic rings. The van der Waals surface area contributed by atoms with Crippen molar-refractivity contribution < 1.29 is 8.78 Å². The molecule has 0 saturated carbocycles. The van der Waals surface area contributed by atoms with Crippen molar-refractivity contribution in [2.45, 2.75) is 57.2 Å². The Hall–Kier alpha value is -0.440. The van der Waals surface area contributed by atoms with Gasteiger partial charge in [-0.05, 0) is 25.0 Å². The second kappa shape index (κ2) is 7.88. The molecule has 1 rings (SSSR count). The predicted octanol–water partition coefficient (Wildman–Crippen LogP) is 6.07. The van der Waals surface area contributed by atoms with Crippen LogP contribution in [0.1, 0.15) is 61.4 Å². The van der Waals surface area contributed by atoms with Crippen molar-refractivity contribution >= 4 is 15.9 Å².